The summed E-state index contributed by atoms with van der Waals surface area (Å²) in [5.41, 5.74) is 5.70. The quantitative estimate of drug-likeness (QED) is 0.0402. The molecule has 0 spiro atoms. The smallest absolute Gasteiger partial charge is 0.876 e. The van der Waals surface area contributed by atoms with E-state index in [2.05, 4.69) is 91.5 Å². The van der Waals surface area contributed by atoms with E-state index in [9.17, 15) is 14.7 Å². The Bertz CT molecular complexity index is 2600. The number of ketones is 1. The third-order valence-corrected chi connectivity index (χ3v) is 10.3. The first kappa shape index (κ1) is 44.5. The van der Waals surface area contributed by atoms with Crippen LogP contribution >= 0.6 is 0 Å². The standard InChI is InChI=1S/C41H37N2O.C7H8.C5H8O2.Pt/c1-2-3-4-5-6-12-26-43(28-33-23-22-32-21-20-30-16-13-17-31-24-25-34(33)40(32)39(30)31)41(44)36-27-38(29-14-8-7-9-15-29)42-37-19-11-10-18-35(36)37;1-7-5-3-2-4-6-7;1-4(6)3-5(2)7;/h7-11,13-14,16-25,27H,2-6,12,26,28H2,1H3;2-6H,1H3;3,6H,1-2H3;/q-1;;;+2/p-1/b;;4-3-;. The number of hydrogen-bond donors (Lipinski definition) is 0. The summed E-state index contributed by atoms with van der Waals surface area (Å²) in [5, 5.41) is 18.4. The number of nitrogens with zero attached hydrogens (tertiary/aromatic N) is 2. The number of amides is 1. The van der Waals surface area contributed by atoms with Gasteiger partial charge in [-0.05, 0) is 76.0 Å². The molecule has 8 aromatic rings. The third kappa shape index (κ3) is 11.7. The zero-order chi connectivity index (χ0) is 40.9. The summed E-state index contributed by atoms with van der Waals surface area (Å²) in [6, 6.07) is 51.2. The Morgan fingerprint density at radius 2 is 1.34 bits per heavy atom. The minimum Gasteiger partial charge on any atom is -0.876 e. The molecule has 1 heterocycles. The van der Waals surface area contributed by atoms with E-state index in [0.717, 1.165) is 47.6 Å². The maximum Gasteiger partial charge on any atom is 2.00 e. The van der Waals surface area contributed by atoms with Gasteiger partial charge in [-0.2, -0.15) is 0 Å². The van der Waals surface area contributed by atoms with E-state index in [-0.39, 0.29) is 38.5 Å². The number of unbranched alkanes of at least 4 members (excludes halogenated alkanes) is 5. The number of benzene rings is 7. The number of fused-ring (bicyclic) bond motifs is 1. The molecule has 7 aromatic carbocycles. The van der Waals surface area contributed by atoms with Crippen molar-refractivity contribution in [2.75, 3.05) is 6.54 Å². The van der Waals surface area contributed by atoms with Gasteiger partial charge >= 0.3 is 21.1 Å². The van der Waals surface area contributed by atoms with Gasteiger partial charge in [-0.1, -0.05) is 161 Å². The SMILES string of the molecule is CC(=O)/C=C(/C)[O-].CCCCCCCCN(Cc1ccc2ccc3cccc4ccc1c2c34)C(=O)c1cc(-c2[c-]cccc2)nc2ccccc12.Cc1ccccc1.[Pt+2]. The summed E-state index contributed by atoms with van der Waals surface area (Å²) < 4.78 is 0. The number of pyridine rings is 1. The minimum absolute atomic E-state index is 0. The minimum atomic E-state index is -0.187. The van der Waals surface area contributed by atoms with Crippen LogP contribution in [-0.4, -0.2) is 28.1 Å². The number of aryl methyl sites for hydroxylation is 1. The topological polar surface area (TPSA) is 73.3 Å². The molecule has 0 aliphatic carbocycles. The van der Waals surface area contributed by atoms with Gasteiger partial charge in [-0.25, -0.2) is 0 Å². The number of rotatable bonds is 12. The average molecular weight is 960 g/mol. The van der Waals surface area contributed by atoms with Crippen molar-refractivity contribution in [1.29, 1.82) is 0 Å². The molecule has 5 nitrogen and oxygen atoms in total. The average Bonchev–Trinajstić information content (AvgIpc) is 3.24. The molecule has 0 unspecified atom stereocenters. The van der Waals surface area contributed by atoms with Crippen molar-refractivity contribution < 1.29 is 35.8 Å². The zero-order valence-electron chi connectivity index (χ0n) is 34.4. The first-order chi connectivity index (χ1) is 28.2. The van der Waals surface area contributed by atoms with Crippen LogP contribution in [0.3, 0.4) is 0 Å². The summed E-state index contributed by atoms with van der Waals surface area (Å²) in [6.45, 7) is 8.31. The van der Waals surface area contributed by atoms with Crippen molar-refractivity contribution in [2.24, 2.45) is 0 Å². The zero-order valence-corrected chi connectivity index (χ0v) is 36.7. The van der Waals surface area contributed by atoms with Crippen LogP contribution in [0.5, 0.6) is 0 Å². The van der Waals surface area contributed by atoms with Gasteiger partial charge in [0.25, 0.3) is 5.91 Å². The van der Waals surface area contributed by atoms with Crippen LogP contribution in [0.1, 0.15) is 80.8 Å². The molecule has 0 bridgehead atoms. The van der Waals surface area contributed by atoms with Gasteiger partial charge in [0.2, 0.25) is 0 Å². The largest absolute Gasteiger partial charge is 2.00 e. The second-order valence-electron chi connectivity index (χ2n) is 14.9. The monoisotopic (exact) mass is 959 g/mol. The van der Waals surface area contributed by atoms with E-state index in [1.165, 1.54) is 83.0 Å². The van der Waals surface area contributed by atoms with E-state index in [1.54, 1.807) is 0 Å². The molecule has 1 aromatic heterocycles. The van der Waals surface area contributed by atoms with Crippen molar-refractivity contribution in [1.82, 2.24) is 9.88 Å². The third-order valence-electron chi connectivity index (χ3n) is 10.3. The van der Waals surface area contributed by atoms with Crippen LogP contribution < -0.4 is 5.11 Å². The molecule has 0 saturated heterocycles. The molecule has 302 valence electrons. The van der Waals surface area contributed by atoms with Crippen molar-refractivity contribution in [2.45, 2.75) is 72.8 Å². The summed E-state index contributed by atoms with van der Waals surface area (Å²) in [7, 11) is 0. The van der Waals surface area contributed by atoms with E-state index in [4.69, 9.17) is 4.98 Å². The summed E-state index contributed by atoms with van der Waals surface area (Å²) in [6.07, 6.45) is 8.14. The van der Waals surface area contributed by atoms with Crippen LogP contribution in [0.15, 0.2) is 151 Å². The fraction of sp³-hybridized carbons (Fsp3) is 0.226. The van der Waals surface area contributed by atoms with Gasteiger partial charge in [0.15, 0.2) is 5.78 Å². The van der Waals surface area contributed by atoms with E-state index >= 15 is 0 Å². The molecule has 8 rings (SSSR count). The maximum absolute atomic E-state index is 14.7. The van der Waals surface area contributed by atoms with E-state index < -0.39 is 0 Å². The predicted molar refractivity (Wildman–Crippen MR) is 240 cm³/mol. The first-order valence-electron chi connectivity index (χ1n) is 20.4. The molecule has 0 saturated carbocycles. The fourth-order valence-electron chi connectivity index (χ4n) is 7.51. The van der Waals surface area contributed by atoms with Crippen LogP contribution in [0.25, 0.3) is 54.5 Å². The number of allylic oxidation sites excluding steroid dienone is 2. The first-order valence-corrected chi connectivity index (χ1v) is 20.4. The number of carbonyl (C=O) groups excluding carboxylic acids is 2. The van der Waals surface area contributed by atoms with Gasteiger partial charge in [-0.3, -0.25) is 14.6 Å². The molecule has 0 aliphatic rings. The molecule has 1 amide bonds. The Labute approximate surface area is 363 Å². The number of para-hydroxylation sites is 1. The van der Waals surface area contributed by atoms with Crippen LogP contribution in [0.4, 0.5) is 0 Å². The predicted octanol–water partition coefficient (Wildman–Crippen LogP) is 12.4. The van der Waals surface area contributed by atoms with Gasteiger partial charge < -0.3 is 10.0 Å². The maximum atomic E-state index is 14.7. The summed E-state index contributed by atoms with van der Waals surface area (Å²) >= 11 is 0. The van der Waals surface area contributed by atoms with E-state index in [1.807, 2.05) is 72.8 Å². The number of carbonyl (C=O) groups is 2. The Kier molecular flexibility index (Phi) is 16.5. The molecule has 0 atom stereocenters. The van der Waals surface area contributed by atoms with Crippen LogP contribution in [-0.2, 0) is 32.4 Å². The van der Waals surface area contributed by atoms with Crippen molar-refractivity contribution in [3.05, 3.63) is 174 Å². The van der Waals surface area contributed by atoms with Crippen molar-refractivity contribution >= 4 is 54.9 Å². The molecule has 6 heteroatoms. The molecule has 0 radical (unpaired) electrons. The molecule has 59 heavy (non-hydrogen) atoms. The summed E-state index contributed by atoms with van der Waals surface area (Å²) in [4.78, 5) is 31.6. The van der Waals surface area contributed by atoms with Gasteiger partial charge in [0.1, 0.15) is 0 Å². The normalized spacial score (nSPS) is 11.1. The molecule has 0 N–H and O–H groups in total. The van der Waals surface area contributed by atoms with Crippen molar-refractivity contribution in [3.8, 4) is 11.3 Å². The number of aromatic nitrogens is 1. The second-order valence-corrected chi connectivity index (χ2v) is 14.9. The Morgan fingerprint density at radius 3 is 1.98 bits per heavy atom. The Balaban J connectivity index is 0.000000376. The fourth-order valence-corrected chi connectivity index (χ4v) is 7.51. The van der Waals surface area contributed by atoms with Gasteiger partial charge in [0, 0.05) is 24.0 Å². The molecule has 0 fully saturated rings. The van der Waals surface area contributed by atoms with Crippen molar-refractivity contribution in [3.63, 3.8) is 0 Å². The Hall–Kier alpha value is -5.64. The second kappa shape index (κ2) is 21.9. The molecule has 0 aliphatic heterocycles. The number of hydrogen-bond acceptors (Lipinski definition) is 4. The summed E-state index contributed by atoms with van der Waals surface area (Å²) in [5.74, 6) is -0.319. The molecular weight excluding hydrogens is 908 g/mol. The Morgan fingerprint density at radius 1 is 0.695 bits per heavy atom. The van der Waals surface area contributed by atoms with Crippen LogP contribution in [0, 0.1) is 13.0 Å². The van der Waals surface area contributed by atoms with Crippen LogP contribution in [0.2, 0.25) is 0 Å². The van der Waals surface area contributed by atoms with Gasteiger partial charge in [-0.15, -0.1) is 41.7 Å². The van der Waals surface area contributed by atoms with Gasteiger partial charge in [0.05, 0.1) is 5.52 Å². The van der Waals surface area contributed by atoms with E-state index in [0.29, 0.717) is 12.1 Å². The molecular formula is C53H52N2O3Pt.